The molecular weight excluding hydrogens is 247 g/mol. The summed E-state index contributed by atoms with van der Waals surface area (Å²) in [6, 6.07) is -0.840. The Morgan fingerprint density at radius 2 is 2.17 bits per heavy atom. The van der Waals surface area contributed by atoms with E-state index in [1.165, 1.54) is 18.0 Å². The number of nitrogens with one attached hydrogen (secondary N) is 1. The molecule has 7 heteroatoms. The summed E-state index contributed by atoms with van der Waals surface area (Å²) in [7, 11) is 3.03. The van der Waals surface area contributed by atoms with Crippen molar-refractivity contribution in [3.8, 4) is 5.75 Å². The van der Waals surface area contributed by atoms with Gasteiger partial charge in [0.15, 0.2) is 5.75 Å². The van der Waals surface area contributed by atoms with Crippen LogP contribution in [0, 0.1) is 0 Å². The van der Waals surface area contributed by atoms with Gasteiger partial charge in [0.25, 0.3) is 0 Å². The van der Waals surface area contributed by atoms with Crippen molar-refractivity contribution in [2.75, 3.05) is 13.7 Å². The van der Waals surface area contributed by atoms with E-state index in [0.29, 0.717) is 18.0 Å². The number of ether oxygens (including phenoxy) is 1. The number of nitrogens with zero attached hydrogens (tertiary/aromatic N) is 2. The Labute approximate surface area is 104 Å². The van der Waals surface area contributed by atoms with Gasteiger partial charge in [-0.05, 0) is 13.0 Å². The molecule has 1 unspecified atom stereocenters. The Kier molecular flexibility index (Phi) is 5.01. The van der Waals surface area contributed by atoms with Gasteiger partial charge in [-0.1, -0.05) is 6.92 Å². The lowest BCUT2D eigenvalue weighted by atomic mass is 10.1. The molecule has 104 valence electrons. The number of hydrogen-bond donors (Lipinski definition) is 1. The maximum absolute atomic E-state index is 12.6. The second-order valence-corrected chi connectivity index (χ2v) is 4.05. The molecule has 1 atom stereocenters. The lowest BCUT2D eigenvalue weighted by Gasteiger charge is -2.21. The predicted octanol–water partition coefficient (Wildman–Crippen LogP) is 2.42. The van der Waals surface area contributed by atoms with E-state index in [1.807, 2.05) is 6.92 Å². The average molecular weight is 265 g/mol. The lowest BCUT2D eigenvalue weighted by Crippen LogP contribution is -2.29. The van der Waals surface area contributed by atoms with Crippen LogP contribution in [0.15, 0.2) is 6.20 Å². The van der Waals surface area contributed by atoms with E-state index in [1.54, 1.807) is 7.05 Å². The second-order valence-electron chi connectivity index (χ2n) is 4.05. The number of aryl methyl sites for hydroxylation is 1. The van der Waals surface area contributed by atoms with Crippen LogP contribution < -0.4 is 10.1 Å². The third-order valence-corrected chi connectivity index (χ3v) is 2.58. The molecule has 0 aromatic carbocycles. The number of rotatable bonds is 6. The third-order valence-electron chi connectivity index (χ3n) is 2.58. The van der Waals surface area contributed by atoms with Crippen LogP contribution in [0.2, 0.25) is 0 Å². The van der Waals surface area contributed by atoms with Gasteiger partial charge in [-0.3, -0.25) is 4.68 Å². The summed E-state index contributed by atoms with van der Waals surface area (Å²) in [4.78, 5) is 0. The summed E-state index contributed by atoms with van der Waals surface area (Å²) >= 11 is 0. The molecule has 18 heavy (non-hydrogen) atoms. The molecule has 1 N–H and O–H groups in total. The van der Waals surface area contributed by atoms with E-state index in [9.17, 15) is 13.2 Å². The summed E-state index contributed by atoms with van der Waals surface area (Å²) in [5.74, 6) is 0.371. The van der Waals surface area contributed by atoms with E-state index in [2.05, 4.69) is 10.4 Å². The zero-order valence-electron chi connectivity index (χ0n) is 10.7. The van der Waals surface area contributed by atoms with Crippen molar-refractivity contribution in [2.45, 2.75) is 32.0 Å². The van der Waals surface area contributed by atoms with E-state index in [-0.39, 0.29) is 0 Å². The Morgan fingerprint density at radius 1 is 1.50 bits per heavy atom. The molecule has 0 saturated heterocycles. The molecule has 4 nitrogen and oxygen atoms in total. The smallest absolute Gasteiger partial charge is 0.390 e. The molecule has 0 saturated carbocycles. The third kappa shape index (κ3) is 3.90. The number of halogens is 3. The van der Waals surface area contributed by atoms with Crippen molar-refractivity contribution in [1.82, 2.24) is 15.1 Å². The highest BCUT2D eigenvalue weighted by molar-refractivity contribution is 5.28. The van der Waals surface area contributed by atoms with Crippen molar-refractivity contribution in [2.24, 2.45) is 7.05 Å². The predicted molar refractivity (Wildman–Crippen MR) is 61.5 cm³/mol. The Balaban J connectivity index is 2.96. The lowest BCUT2D eigenvalue weighted by molar-refractivity contribution is -0.140. The number of hydrogen-bond acceptors (Lipinski definition) is 3. The largest absolute Gasteiger partial charge is 0.493 e. The van der Waals surface area contributed by atoms with Crippen molar-refractivity contribution < 1.29 is 17.9 Å². The summed E-state index contributed by atoms with van der Waals surface area (Å²) in [5.41, 5.74) is 0.420. The topological polar surface area (TPSA) is 39.1 Å². The fourth-order valence-corrected chi connectivity index (χ4v) is 1.80. The van der Waals surface area contributed by atoms with Crippen molar-refractivity contribution >= 4 is 0 Å². The van der Waals surface area contributed by atoms with Crippen LogP contribution >= 0.6 is 0 Å². The van der Waals surface area contributed by atoms with Gasteiger partial charge >= 0.3 is 6.18 Å². The molecule has 1 heterocycles. The summed E-state index contributed by atoms with van der Waals surface area (Å²) in [6.07, 6.45) is -3.00. The van der Waals surface area contributed by atoms with Crippen LogP contribution in [0.4, 0.5) is 13.2 Å². The maximum atomic E-state index is 12.6. The van der Waals surface area contributed by atoms with Crippen LogP contribution in [0.1, 0.15) is 31.5 Å². The van der Waals surface area contributed by atoms with Crippen LogP contribution in [0.5, 0.6) is 5.75 Å². The van der Waals surface area contributed by atoms with Gasteiger partial charge in [-0.25, -0.2) is 0 Å². The van der Waals surface area contributed by atoms with Gasteiger partial charge in [0, 0.05) is 7.05 Å². The van der Waals surface area contributed by atoms with Crippen LogP contribution in [-0.2, 0) is 7.05 Å². The summed E-state index contributed by atoms with van der Waals surface area (Å²) in [5, 5.41) is 6.81. The van der Waals surface area contributed by atoms with Crippen molar-refractivity contribution in [3.63, 3.8) is 0 Å². The second kappa shape index (κ2) is 6.08. The first-order chi connectivity index (χ1) is 8.39. The first-order valence-corrected chi connectivity index (χ1v) is 5.75. The maximum Gasteiger partial charge on any atom is 0.390 e. The van der Waals surface area contributed by atoms with Gasteiger partial charge in [-0.15, -0.1) is 0 Å². The average Bonchev–Trinajstić information content (AvgIpc) is 2.64. The molecule has 0 amide bonds. The minimum Gasteiger partial charge on any atom is -0.493 e. The minimum atomic E-state index is -4.24. The summed E-state index contributed by atoms with van der Waals surface area (Å²) in [6.45, 7) is 2.41. The molecule has 0 bridgehead atoms. The molecule has 0 radical (unpaired) electrons. The van der Waals surface area contributed by atoms with E-state index >= 15 is 0 Å². The Hall–Kier alpha value is -1.24. The molecule has 0 fully saturated rings. The van der Waals surface area contributed by atoms with Crippen molar-refractivity contribution in [3.05, 3.63) is 11.9 Å². The van der Waals surface area contributed by atoms with E-state index in [4.69, 9.17) is 4.74 Å². The quantitative estimate of drug-likeness (QED) is 0.858. The molecule has 1 rings (SSSR count). The van der Waals surface area contributed by atoms with E-state index < -0.39 is 18.6 Å². The highest BCUT2D eigenvalue weighted by Gasteiger charge is 2.35. The normalized spacial score (nSPS) is 13.7. The Morgan fingerprint density at radius 3 is 2.67 bits per heavy atom. The van der Waals surface area contributed by atoms with Gasteiger partial charge in [0.2, 0.25) is 0 Å². The fourth-order valence-electron chi connectivity index (χ4n) is 1.80. The zero-order chi connectivity index (χ0) is 13.8. The molecule has 1 aromatic rings. The van der Waals surface area contributed by atoms with Crippen LogP contribution in [0.25, 0.3) is 0 Å². The monoisotopic (exact) mass is 265 g/mol. The SMILES string of the molecule is CCCNC(CC(F)(F)F)c1c(OC)cnn1C. The molecule has 0 aliphatic rings. The molecule has 1 aromatic heterocycles. The van der Waals surface area contributed by atoms with Gasteiger partial charge in [0.05, 0.1) is 31.5 Å². The van der Waals surface area contributed by atoms with Gasteiger partial charge in [0.1, 0.15) is 0 Å². The highest BCUT2D eigenvalue weighted by Crippen LogP contribution is 2.33. The van der Waals surface area contributed by atoms with Crippen LogP contribution in [0.3, 0.4) is 0 Å². The molecule has 0 aliphatic heterocycles. The first kappa shape index (κ1) is 14.8. The Bertz CT molecular complexity index is 376. The zero-order valence-corrected chi connectivity index (χ0v) is 10.7. The molecular formula is C11H18F3N3O. The fraction of sp³-hybridized carbons (Fsp3) is 0.727. The molecule has 0 aliphatic carbocycles. The highest BCUT2D eigenvalue weighted by atomic mass is 19.4. The summed E-state index contributed by atoms with van der Waals surface area (Å²) < 4.78 is 44.2. The first-order valence-electron chi connectivity index (χ1n) is 5.75. The van der Waals surface area contributed by atoms with Crippen molar-refractivity contribution in [1.29, 1.82) is 0 Å². The minimum absolute atomic E-state index is 0.371. The number of aromatic nitrogens is 2. The van der Waals surface area contributed by atoms with Crippen LogP contribution in [-0.4, -0.2) is 29.6 Å². The van der Waals surface area contributed by atoms with Gasteiger partial charge < -0.3 is 10.1 Å². The standard InChI is InChI=1S/C11H18F3N3O/c1-4-5-15-8(6-11(12,13)14)10-9(18-3)7-16-17(10)2/h7-8,15H,4-6H2,1-3H3. The number of methoxy groups -OCH3 is 1. The molecule has 0 spiro atoms. The van der Waals surface area contributed by atoms with E-state index in [0.717, 1.165) is 6.42 Å². The van der Waals surface area contributed by atoms with Gasteiger partial charge in [-0.2, -0.15) is 18.3 Å². The number of alkyl halides is 3.